The summed E-state index contributed by atoms with van der Waals surface area (Å²) in [5.74, 6) is 0. The molecular formula is C16H16O2S2. The molecule has 104 valence electrons. The Labute approximate surface area is 124 Å². The topological polar surface area (TPSA) is 34.1 Å². The number of rotatable bonds is 3. The first-order valence-corrected chi connectivity index (χ1v) is 9.31. The number of hydrogen-bond acceptors (Lipinski definition) is 3. The van der Waals surface area contributed by atoms with Crippen LogP contribution < -0.4 is 0 Å². The van der Waals surface area contributed by atoms with Gasteiger partial charge in [0.1, 0.15) is 0 Å². The summed E-state index contributed by atoms with van der Waals surface area (Å²) in [6, 6.07) is 13.1. The Kier molecular flexibility index (Phi) is 3.38. The smallest absolute Gasteiger partial charge is 0.207 e. The lowest BCUT2D eigenvalue weighted by molar-refractivity contribution is 0.598. The minimum atomic E-state index is -3.34. The Hall–Kier alpha value is -1.26. The van der Waals surface area contributed by atoms with E-state index >= 15 is 0 Å². The van der Waals surface area contributed by atoms with Gasteiger partial charge in [-0.05, 0) is 30.4 Å². The monoisotopic (exact) mass is 304 g/mol. The molecule has 2 aromatic carbocycles. The third kappa shape index (κ3) is 2.07. The summed E-state index contributed by atoms with van der Waals surface area (Å²) in [7, 11) is -3.34. The quantitative estimate of drug-likeness (QED) is 0.738. The van der Waals surface area contributed by atoms with Crippen molar-refractivity contribution in [2.45, 2.75) is 28.4 Å². The number of sulfone groups is 1. The molecule has 0 spiro atoms. The zero-order chi connectivity index (χ0) is 14.3. The van der Waals surface area contributed by atoms with Crippen molar-refractivity contribution in [2.75, 3.05) is 6.26 Å². The van der Waals surface area contributed by atoms with Gasteiger partial charge in [0.15, 0.2) is 0 Å². The van der Waals surface area contributed by atoms with Crippen LogP contribution in [0.25, 0.3) is 11.1 Å². The highest BCUT2D eigenvalue weighted by molar-refractivity contribution is 7.99. The number of fused-ring (bicyclic) bond motifs is 3. The van der Waals surface area contributed by atoms with E-state index in [4.69, 9.17) is 0 Å². The fraction of sp³-hybridized carbons (Fsp3) is 0.250. The van der Waals surface area contributed by atoms with Crippen LogP contribution in [0.5, 0.6) is 0 Å². The molecule has 1 atom stereocenters. The van der Waals surface area contributed by atoms with Gasteiger partial charge in [0, 0.05) is 16.4 Å². The van der Waals surface area contributed by atoms with E-state index < -0.39 is 9.84 Å². The second kappa shape index (κ2) is 4.93. The van der Waals surface area contributed by atoms with Gasteiger partial charge in [-0.1, -0.05) is 37.3 Å². The summed E-state index contributed by atoms with van der Waals surface area (Å²) in [5.41, 5.74) is 2.75. The lowest BCUT2D eigenvalue weighted by Crippen LogP contribution is -2.02. The SMILES string of the molecule is CSC(C)Cc1ccc2c(c1)S(=O)(=O)c1ccccc1-2. The van der Waals surface area contributed by atoms with Crippen LogP contribution in [0, 0.1) is 0 Å². The molecule has 0 fully saturated rings. The average Bonchev–Trinajstić information content (AvgIpc) is 2.68. The molecule has 0 aliphatic carbocycles. The Morgan fingerprint density at radius 2 is 1.75 bits per heavy atom. The van der Waals surface area contributed by atoms with Crippen LogP contribution in [0.15, 0.2) is 52.3 Å². The van der Waals surface area contributed by atoms with Gasteiger partial charge in [-0.25, -0.2) is 8.42 Å². The van der Waals surface area contributed by atoms with Crippen molar-refractivity contribution in [2.24, 2.45) is 0 Å². The standard InChI is InChI=1S/C16H16O2S2/c1-11(19-2)9-12-7-8-14-13-5-3-4-6-15(13)20(17,18)16(14)10-12/h3-8,10-11H,9H2,1-2H3. The van der Waals surface area contributed by atoms with Gasteiger partial charge in [-0.3, -0.25) is 0 Å². The molecule has 1 aliphatic heterocycles. The highest BCUT2D eigenvalue weighted by atomic mass is 32.2. The average molecular weight is 304 g/mol. The van der Waals surface area contributed by atoms with Gasteiger partial charge in [-0.15, -0.1) is 0 Å². The van der Waals surface area contributed by atoms with Crippen LogP contribution in [-0.2, 0) is 16.3 Å². The summed E-state index contributed by atoms with van der Waals surface area (Å²) in [4.78, 5) is 0.898. The van der Waals surface area contributed by atoms with E-state index in [1.807, 2.05) is 30.3 Å². The van der Waals surface area contributed by atoms with E-state index in [1.165, 1.54) is 0 Å². The highest BCUT2D eigenvalue weighted by Gasteiger charge is 2.32. The van der Waals surface area contributed by atoms with Crippen molar-refractivity contribution >= 4 is 21.6 Å². The molecule has 0 amide bonds. The van der Waals surface area contributed by atoms with E-state index in [9.17, 15) is 8.42 Å². The van der Waals surface area contributed by atoms with Crippen LogP contribution in [0.1, 0.15) is 12.5 Å². The van der Waals surface area contributed by atoms with Crippen molar-refractivity contribution in [1.29, 1.82) is 0 Å². The molecule has 0 bridgehead atoms. The maximum Gasteiger partial charge on any atom is 0.207 e. The molecule has 0 radical (unpaired) electrons. The van der Waals surface area contributed by atoms with Gasteiger partial charge >= 0.3 is 0 Å². The molecule has 3 rings (SSSR count). The first kappa shape index (κ1) is 13.7. The molecule has 0 aromatic heterocycles. The second-order valence-electron chi connectivity index (χ2n) is 5.08. The Bertz CT molecular complexity index is 764. The molecule has 0 N–H and O–H groups in total. The first-order chi connectivity index (χ1) is 9.54. The van der Waals surface area contributed by atoms with E-state index in [1.54, 1.807) is 23.9 Å². The number of thioether (sulfide) groups is 1. The lowest BCUT2D eigenvalue weighted by Gasteiger charge is -2.09. The molecule has 1 heterocycles. The summed E-state index contributed by atoms with van der Waals surface area (Å²) in [5, 5.41) is 0.486. The van der Waals surface area contributed by atoms with Crippen molar-refractivity contribution in [3.8, 4) is 11.1 Å². The van der Waals surface area contributed by atoms with Crippen molar-refractivity contribution < 1.29 is 8.42 Å². The first-order valence-electron chi connectivity index (χ1n) is 6.54. The molecule has 20 heavy (non-hydrogen) atoms. The summed E-state index contributed by atoms with van der Waals surface area (Å²) in [6.45, 7) is 2.15. The zero-order valence-electron chi connectivity index (χ0n) is 11.5. The van der Waals surface area contributed by atoms with Crippen molar-refractivity contribution in [3.05, 3.63) is 48.0 Å². The fourth-order valence-corrected chi connectivity index (χ4v) is 4.69. The minimum absolute atomic E-state index is 0.435. The summed E-state index contributed by atoms with van der Waals surface area (Å²) >= 11 is 1.79. The normalized spacial score (nSPS) is 16.5. The van der Waals surface area contributed by atoms with Crippen LogP contribution in [0.4, 0.5) is 0 Å². The third-order valence-corrected chi connectivity index (χ3v) is 6.55. The maximum absolute atomic E-state index is 12.6. The van der Waals surface area contributed by atoms with Crippen molar-refractivity contribution in [1.82, 2.24) is 0 Å². The number of benzene rings is 2. The van der Waals surface area contributed by atoms with Gasteiger partial charge in [0.2, 0.25) is 9.84 Å². The molecule has 2 aromatic rings. The second-order valence-corrected chi connectivity index (χ2v) is 8.24. The molecular weight excluding hydrogens is 288 g/mol. The summed E-state index contributed by atoms with van der Waals surface area (Å²) in [6.07, 6.45) is 2.96. The Morgan fingerprint density at radius 3 is 2.50 bits per heavy atom. The molecule has 0 saturated heterocycles. The van der Waals surface area contributed by atoms with Crippen LogP contribution in [-0.4, -0.2) is 19.9 Å². The van der Waals surface area contributed by atoms with Crippen LogP contribution in [0.2, 0.25) is 0 Å². The van der Waals surface area contributed by atoms with E-state index in [-0.39, 0.29) is 0 Å². The van der Waals surface area contributed by atoms with Gasteiger partial charge < -0.3 is 0 Å². The van der Waals surface area contributed by atoms with Crippen LogP contribution >= 0.6 is 11.8 Å². The predicted octanol–water partition coefficient (Wildman–Crippen LogP) is 3.79. The molecule has 1 aliphatic rings. The minimum Gasteiger partial charge on any atom is -0.218 e. The van der Waals surface area contributed by atoms with E-state index in [0.29, 0.717) is 15.0 Å². The van der Waals surface area contributed by atoms with Gasteiger partial charge in [-0.2, -0.15) is 11.8 Å². The summed E-state index contributed by atoms with van der Waals surface area (Å²) < 4.78 is 25.2. The van der Waals surface area contributed by atoms with Gasteiger partial charge in [0.05, 0.1) is 9.79 Å². The molecule has 4 heteroatoms. The maximum atomic E-state index is 12.6. The predicted molar refractivity (Wildman–Crippen MR) is 84.0 cm³/mol. The third-order valence-electron chi connectivity index (χ3n) is 3.73. The van der Waals surface area contributed by atoms with Gasteiger partial charge in [0.25, 0.3) is 0 Å². The highest BCUT2D eigenvalue weighted by Crippen LogP contribution is 2.43. The zero-order valence-corrected chi connectivity index (χ0v) is 13.1. The Balaban J connectivity index is 2.13. The van der Waals surface area contributed by atoms with E-state index in [0.717, 1.165) is 23.1 Å². The van der Waals surface area contributed by atoms with Crippen LogP contribution in [0.3, 0.4) is 0 Å². The fourth-order valence-electron chi connectivity index (χ4n) is 2.60. The molecule has 2 nitrogen and oxygen atoms in total. The lowest BCUT2D eigenvalue weighted by atomic mass is 10.0. The Morgan fingerprint density at radius 1 is 1.05 bits per heavy atom. The molecule has 0 saturated carbocycles. The number of hydrogen-bond donors (Lipinski definition) is 0. The molecule has 1 unspecified atom stereocenters. The largest absolute Gasteiger partial charge is 0.218 e. The van der Waals surface area contributed by atoms with Crippen molar-refractivity contribution in [3.63, 3.8) is 0 Å². The van der Waals surface area contributed by atoms with E-state index in [2.05, 4.69) is 13.2 Å².